The highest BCUT2D eigenvalue weighted by molar-refractivity contribution is 5.33. The highest BCUT2D eigenvalue weighted by atomic mass is 16.5. The van der Waals surface area contributed by atoms with Crippen molar-refractivity contribution in [2.24, 2.45) is 0 Å². The Kier molecular flexibility index (Phi) is 3.04. The first-order valence-electron chi connectivity index (χ1n) is 6.84. The van der Waals surface area contributed by atoms with Gasteiger partial charge in [0.05, 0.1) is 0 Å². The number of ether oxygens (including phenoxy) is 1. The normalized spacial score (nSPS) is 27.3. The minimum atomic E-state index is 0.275. The average Bonchev–Trinajstić information content (AvgIpc) is 2.60. The largest absolute Gasteiger partial charge is 0.492 e. The Balaban J connectivity index is 1.76. The van der Waals surface area contributed by atoms with E-state index in [4.69, 9.17) is 4.74 Å². The summed E-state index contributed by atoms with van der Waals surface area (Å²) in [5.74, 6) is 1.06. The zero-order chi connectivity index (χ0) is 12.6. The number of para-hydroxylation sites is 1. The fourth-order valence-corrected chi connectivity index (χ4v) is 3.04. The molecule has 1 aromatic carbocycles. The predicted molar refractivity (Wildman–Crippen MR) is 72.8 cm³/mol. The molecule has 1 unspecified atom stereocenters. The highest BCUT2D eigenvalue weighted by Gasteiger charge is 2.34. The summed E-state index contributed by atoms with van der Waals surface area (Å²) >= 11 is 0. The molecule has 1 N–H and O–H groups in total. The highest BCUT2D eigenvalue weighted by Crippen LogP contribution is 2.28. The monoisotopic (exact) mass is 246 g/mol. The minimum absolute atomic E-state index is 0.275. The molecule has 0 aromatic heterocycles. The Hall–Kier alpha value is -1.06. The van der Waals surface area contributed by atoms with Crippen LogP contribution in [0.3, 0.4) is 0 Å². The molecule has 0 bridgehead atoms. The molecule has 3 nitrogen and oxygen atoms in total. The van der Waals surface area contributed by atoms with Gasteiger partial charge in [-0.25, -0.2) is 0 Å². The molecular formula is C15H22N2O. The van der Waals surface area contributed by atoms with E-state index in [1.165, 1.54) is 12.0 Å². The molecule has 2 aliphatic heterocycles. The van der Waals surface area contributed by atoms with Gasteiger partial charge in [-0.2, -0.15) is 0 Å². The quantitative estimate of drug-likeness (QED) is 0.820. The fraction of sp³-hybridized carbons (Fsp3) is 0.600. The molecule has 2 aliphatic rings. The van der Waals surface area contributed by atoms with Crippen molar-refractivity contribution < 1.29 is 4.74 Å². The molecule has 1 fully saturated rings. The smallest absolute Gasteiger partial charge is 0.123 e. The topological polar surface area (TPSA) is 24.5 Å². The van der Waals surface area contributed by atoms with Gasteiger partial charge in [-0.3, -0.25) is 4.90 Å². The van der Waals surface area contributed by atoms with Gasteiger partial charge in [-0.15, -0.1) is 0 Å². The van der Waals surface area contributed by atoms with Crippen molar-refractivity contribution in [2.75, 3.05) is 19.7 Å². The van der Waals surface area contributed by atoms with Gasteiger partial charge >= 0.3 is 0 Å². The Bertz CT molecular complexity index is 430. The van der Waals surface area contributed by atoms with E-state index in [0.29, 0.717) is 6.04 Å². The third kappa shape index (κ3) is 2.38. The number of hydrogen-bond acceptors (Lipinski definition) is 3. The Morgan fingerprint density at radius 2 is 2.17 bits per heavy atom. The van der Waals surface area contributed by atoms with E-state index < -0.39 is 0 Å². The van der Waals surface area contributed by atoms with Crippen molar-refractivity contribution in [3.8, 4) is 5.75 Å². The van der Waals surface area contributed by atoms with Crippen LogP contribution in [-0.2, 0) is 6.54 Å². The molecule has 0 radical (unpaired) electrons. The maximum Gasteiger partial charge on any atom is 0.123 e. The fourth-order valence-electron chi connectivity index (χ4n) is 3.04. The van der Waals surface area contributed by atoms with Crippen LogP contribution in [0, 0.1) is 0 Å². The summed E-state index contributed by atoms with van der Waals surface area (Å²) in [5.41, 5.74) is 1.59. The lowest BCUT2D eigenvalue weighted by Crippen LogP contribution is -2.37. The number of nitrogens with zero attached hydrogens (tertiary/aromatic N) is 1. The number of fused-ring (bicyclic) bond motifs is 1. The molecule has 2 heterocycles. The second kappa shape index (κ2) is 4.56. The van der Waals surface area contributed by atoms with Crippen LogP contribution in [0.1, 0.15) is 25.8 Å². The number of hydrogen-bond donors (Lipinski definition) is 1. The Labute approximate surface area is 109 Å². The molecule has 3 rings (SSSR count). The molecule has 1 atom stereocenters. The van der Waals surface area contributed by atoms with Crippen molar-refractivity contribution in [3.05, 3.63) is 29.8 Å². The third-order valence-electron chi connectivity index (χ3n) is 4.06. The first kappa shape index (κ1) is 12.0. The molecule has 1 aromatic rings. The molecule has 18 heavy (non-hydrogen) atoms. The molecule has 0 saturated carbocycles. The van der Waals surface area contributed by atoms with Crippen LogP contribution >= 0.6 is 0 Å². The predicted octanol–water partition coefficient (Wildman–Crippen LogP) is 2.02. The van der Waals surface area contributed by atoms with E-state index >= 15 is 0 Å². The van der Waals surface area contributed by atoms with Crippen LogP contribution in [0.5, 0.6) is 5.75 Å². The minimum Gasteiger partial charge on any atom is -0.492 e. The van der Waals surface area contributed by atoms with Gasteiger partial charge < -0.3 is 10.1 Å². The lowest BCUT2D eigenvalue weighted by Gasteiger charge is -2.27. The summed E-state index contributed by atoms with van der Waals surface area (Å²) < 4.78 is 5.83. The van der Waals surface area contributed by atoms with Crippen molar-refractivity contribution in [1.82, 2.24) is 10.2 Å². The number of rotatable bonds is 1. The molecule has 3 heteroatoms. The maximum atomic E-state index is 5.83. The van der Waals surface area contributed by atoms with E-state index in [2.05, 4.69) is 48.3 Å². The van der Waals surface area contributed by atoms with Crippen molar-refractivity contribution in [1.29, 1.82) is 0 Å². The lowest BCUT2D eigenvalue weighted by molar-refractivity contribution is 0.174. The van der Waals surface area contributed by atoms with Crippen LogP contribution in [0.25, 0.3) is 0 Å². The van der Waals surface area contributed by atoms with E-state index in [0.717, 1.165) is 32.0 Å². The number of nitrogens with one attached hydrogen (secondary N) is 1. The Morgan fingerprint density at radius 1 is 1.33 bits per heavy atom. The van der Waals surface area contributed by atoms with Crippen LogP contribution in [-0.4, -0.2) is 36.2 Å². The number of benzene rings is 1. The van der Waals surface area contributed by atoms with Gasteiger partial charge in [-0.05, 0) is 26.3 Å². The summed E-state index contributed by atoms with van der Waals surface area (Å²) in [6.07, 6.45) is 1.22. The van der Waals surface area contributed by atoms with E-state index in [9.17, 15) is 0 Å². The van der Waals surface area contributed by atoms with Crippen LogP contribution < -0.4 is 10.1 Å². The molecular weight excluding hydrogens is 224 g/mol. The van der Waals surface area contributed by atoms with Crippen molar-refractivity contribution in [3.63, 3.8) is 0 Å². The van der Waals surface area contributed by atoms with Crippen molar-refractivity contribution >= 4 is 0 Å². The lowest BCUT2D eigenvalue weighted by atomic mass is 10.0. The molecule has 98 valence electrons. The molecule has 0 amide bonds. The van der Waals surface area contributed by atoms with Crippen LogP contribution in [0.4, 0.5) is 0 Å². The molecule has 1 saturated heterocycles. The molecule has 0 spiro atoms. The molecule has 0 aliphatic carbocycles. The van der Waals surface area contributed by atoms with Crippen molar-refractivity contribution in [2.45, 2.75) is 38.4 Å². The summed E-state index contributed by atoms with van der Waals surface area (Å²) in [6.45, 7) is 8.50. The average molecular weight is 246 g/mol. The second-order valence-corrected chi connectivity index (χ2v) is 6.05. The maximum absolute atomic E-state index is 5.83. The van der Waals surface area contributed by atoms with Gasteiger partial charge in [0.25, 0.3) is 0 Å². The summed E-state index contributed by atoms with van der Waals surface area (Å²) in [6, 6.07) is 9.04. The van der Waals surface area contributed by atoms with Gasteiger partial charge in [0.15, 0.2) is 0 Å². The standard InChI is InChI=1S/C15H22N2O/c1-15(2)9-13(10-16-15)17-7-8-18-14-6-4-3-5-12(14)11-17/h3-6,13,16H,7-11H2,1-2H3. The summed E-state index contributed by atoms with van der Waals surface area (Å²) in [5, 5.41) is 3.61. The summed E-state index contributed by atoms with van der Waals surface area (Å²) in [7, 11) is 0. The van der Waals surface area contributed by atoms with E-state index in [-0.39, 0.29) is 5.54 Å². The zero-order valence-electron chi connectivity index (χ0n) is 11.3. The van der Waals surface area contributed by atoms with E-state index in [1.54, 1.807) is 0 Å². The van der Waals surface area contributed by atoms with Gasteiger partial charge in [-0.1, -0.05) is 18.2 Å². The van der Waals surface area contributed by atoms with Crippen LogP contribution in [0.15, 0.2) is 24.3 Å². The first-order chi connectivity index (χ1) is 8.64. The van der Waals surface area contributed by atoms with Gasteiger partial charge in [0, 0.05) is 36.8 Å². The van der Waals surface area contributed by atoms with Gasteiger partial charge in [0.2, 0.25) is 0 Å². The summed E-state index contributed by atoms with van der Waals surface area (Å²) in [4.78, 5) is 2.56. The second-order valence-electron chi connectivity index (χ2n) is 6.05. The van der Waals surface area contributed by atoms with Gasteiger partial charge in [0.1, 0.15) is 12.4 Å². The van der Waals surface area contributed by atoms with Crippen LogP contribution in [0.2, 0.25) is 0 Å². The SMILES string of the molecule is CC1(C)CC(N2CCOc3ccccc3C2)CN1. The Morgan fingerprint density at radius 3 is 2.94 bits per heavy atom. The first-order valence-corrected chi connectivity index (χ1v) is 6.84. The zero-order valence-corrected chi connectivity index (χ0v) is 11.3. The van der Waals surface area contributed by atoms with E-state index in [1.807, 2.05) is 0 Å². The third-order valence-corrected chi connectivity index (χ3v) is 4.06.